The van der Waals surface area contributed by atoms with Crippen LogP contribution in [0.15, 0.2) is 34.8 Å². The third-order valence-corrected chi connectivity index (χ3v) is 6.97. The zero-order chi connectivity index (χ0) is 16.8. The fraction of sp³-hybridized carbons (Fsp3) is 0.200. The molecule has 23 heavy (non-hydrogen) atoms. The van der Waals surface area contributed by atoms with E-state index in [0.717, 1.165) is 21.8 Å². The van der Waals surface area contributed by atoms with Crippen LogP contribution in [0.1, 0.15) is 26.5 Å². The van der Waals surface area contributed by atoms with Gasteiger partial charge in [0.1, 0.15) is 15.6 Å². The minimum absolute atomic E-state index is 0.0578. The number of pyridine rings is 1. The summed E-state index contributed by atoms with van der Waals surface area (Å²) in [7, 11) is -3.91. The SMILES string of the molecule is Cc1sc(S(=O)(=O)NC(=O)c2cn3ccccc3n2)c(C)c1C. The standard InChI is InChI=1S/C15H15N3O3S2/c1-9-10(2)15(22-11(9)3)23(20,21)17-14(19)12-8-18-7-5-4-6-13(18)16-12/h4-8H,1-3H3,(H,17,19). The topological polar surface area (TPSA) is 80.5 Å². The van der Waals surface area contributed by atoms with E-state index < -0.39 is 15.9 Å². The van der Waals surface area contributed by atoms with Gasteiger partial charge in [-0.15, -0.1) is 11.3 Å². The smallest absolute Gasteiger partial charge is 0.285 e. The van der Waals surface area contributed by atoms with E-state index in [4.69, 9.17) is 0 Å². The van der Waals surface area contributed by atoms with Gasteiger partial charge in [-0.2, -0.15) is 0 Å². The lowest BCUT2D eigenvalue weighted by Gasteiger charge is -2.04. The highest BCUT2D eigenvalue weighted by molar-refractivity contribution is 7.92. The van der Waals surface area contributed by atoms with Crippen LogP contribution in [0, 0.1) is 20.8 Å². The molecule has 8 heteroatoms. The van der Waals surface area contributed by atoms with Crippen molar-refractivity contribution in [2.45, 2.75) is 25.0 Å². The Hall–Kier alpha value is -2.19. The van der Waals surface area contributed by atoms with Crippen molar-refractivity contribution >= 4 is 32.9 Å². The van der Waals surface area contributed by atoms with Crippen molar-refractivity contribution in [3.05, 3.63) is 52.3 Å². The van der Waals surface area contributed by atoms with Gasteiger partial charge in [0, 0.05) is 17.3 Å². The molecule has 1 N–H and O–H groups in total. The van der Waals surface area contributed by atoms with Gasteiger partial charge < -0.3 is 4.40 Å². The van der Waals surface area contributed by atoms with Crippen LogP contribution in [-0.2, 0) is 10.0 Å². The summed E-state index contributed by atoms with van der Waals surface area (Å²) < 4.78 is 28.9. The van der Waals surface area contributed by atoms with Gasteiger partial charge in [-0.3, -0.25) is 4.79 Å². The molecule has 6 nitrogen and oxygen atoms in total. The van der Waals surface area contributed by atoms with Crippen molar-refractivity contribution in [2.75, 3.05) is 0 Å². The van der Waals surface area contributed by atoms with E-state index in [2.05, 4.69) is 9.71 Å². The van der Waals surface area contributed by atoms with Crippen LogP contribution in [0.3, 0.4) is 0 Å². The number of fused-ring (bicyclic) bond motifs is 1. The second-order valence-corrected chi connectivity index (χ2v) is 8.32. The quantitative estimate of drug-likeness (QED) is 0.787. The highest BCUT2D eigenvalue weighted by atomic mass is 32.2. The summed E-state index contributed by atoms with van der Waals surface area (Å²) in [6, 6.07) is 5.33. The number of aryl methyl sites for hydroxylation is 1. The van der Waals surface area contributed by atoms with Gasteiger partial charge in [0.2, 0.25) is 0 Å². The summed E-state index contributed by atoms with van der Waals surface area (Å²) in [5.41, 5.74) is 2.23. The van der Waals surface area contributed by atoms with E-state index in [0.29, 0.717) is 11.2 Å². The lowest BCUT2D eigenvalue weighted by molar-refractivity contribution is 0.0977. The lowest BCUT2D eigenvalue weighted by atomic mass is 10.2. The first-order valence-corrected chi connectivity index (χ1v) is 9.17. The molecule has 0 fully saturated rings. The molecule has 0 saturated heterocycles. The highest BCUT2D eigenvalue weighted by Gasteiger charge is 2.25. The third kappa shape index (κ3) is 2.75. The number of aromatic nitrogens is 2. The Bertz CT molecular complexity index is 983. The molecule has 3 aromatic heterocycles. The van der Waals surface area contributed by atoms with Crippen LogP contribution < -0.4 is 4.72 Å². The second kappa shape index (κ2) is 5.47. The molecule has 3 heterocycles. The molecule has 0 aliphatic carbocycles. The zero-order valence-corrected chi connectivity index (χ0v) is 14.5. The highest BCUT2D eigenvalue weighted by Crippen LogP contribution is 2.30. The number of carbonyl (C=O) groups excluding carboxylic acids is 1. The fourth-order valence-corrected chi connectivity index (χ4v) is 5.06. The predicted molar refractivity (Wildman–Crippen MR) is 88.4 cm³/mol. The Kier molecular flexibility index (Phi) is 3.73. The molecule has 0 aromatic carbocycles. The lowest BCUT2D eigenvalue weighted by Crippen LogP contribution is -2.30. The van der Waals surface area contributed by atoms with Gasteiger partial charge in [-0.1, -0.05) is 6.07 Å². The predicted octanol–water partition coefficient (Wildman–Crippen LogP) is 2.44. The number of imidazole rings is 1. The van der Waals surface area contributed by atoms with Gasteiger partial charge in [0.05, 0.1) is 0 Å². The normalized spacial score (nSPS) is 11.8. The first-order valence-electron chi connectivity index (χ1n) is 6.87. The largest absolute Gasteiger partial charge is 0.306 e. The first kappa shape index (κ1) is 15.7. The summed E-state index contributed by atoms with van der Waals surface area (Å²) in [6.07, 6.45) is 3.24. The Morgan fingerprint density at radius 1 is 1.22 bits per heavy atom. The summed E-state index contributed by atoms with van der Waals surface area (Å²) in [4.78, 5) is 17.3. The van der Waals surface area contributed by atoms with Crippen molar-refractivity contribution in [1.82, 2.24) is 14.1 Å². The van der Waals surface area contributed by atoms with Crippen LogP contribution >= 0.6 is 11.3 Å². The first-order chi connectivity index (χ1) is 10.8. The number of thiophene rings is 1. The molecule has 0 unspecified atom stereocenters. The van der Waals surface area contributed by atoms with Gasteiger partial charge in [-0.05, 0) is 44.0 Å². The van der Waals surface area contributed by atoms with E-state index in [1.54, 1.807) is 35.7 Å². The molecule has 1 amide bonds. The Balaban J connectivity index is 1.93. The molecular weight excluding hydrogens is 334 g/mol. The van der Waals surface area contributed by atoms with Gasteiger partial charge in [-0.25, -0.2) is 18.1 Å². The maximum atomic E-state index is 12.5. The maximum absolute atomic E-state index is 12.5. The maximum Gasteiger partial charge on any atom is 0.285 e. The van der Waals surface area contributed by atoms with Crippen molar-refractivity contribution in [3.8, 4) is 0 Å². The molecule has 0 atom stereocenters. The Morgan fingerprint density at radius 2 is 1.96 bits per heavy atom. The second-order valence-electron chi connectivity index (χ2n) is 5.22. The van der Waals surface area contributed by atoms with Crippen LogP contribution in [0.25, 0.3) is 5.65 Å². The average molecular weight is 349 g/mol. The molecule has 120 valence electrons. The van der Waals surface area contributed by atoms with Crippen molar-refractivity contribution in [2.24, 2.45) is 0 Å². The van der Waals surface area contributed by atoms with Crippen molar-refractivity contribution < 1.29 is 13.2 Å². The monoisotopic (exact) mass is 349 g/mol. The van der Waals surface area contributed by atoms with Gasteiger partial charge >= 0.3 is 0 Å². The molecule has 0 aliphatic rings. The average Bonchev–Trinajstić information content (AvgIpc) is 3.04. The Labute approximate surface area is 137 Å². The Morgan fingerprint density at radius 3 is 2.57 bits per heavy atom. The van der Waals surface area contributed by atoms with Crippen LogP contribution in [-0.4, -0.2) is 23.7 Å². The van der Waals surface area contributed by atoms with Gasteiger partial charge in [0.25, 0.3) is 15.9 Å². The van der Waals surface area contributed by atoms with Crippen LogP contribution in [0.2, 0.25) is 0 Å². The fourth-order valence-electron chi connectivity index (χ4n) is 2.23. The molecule has 3 rings (SSSR count). The number of amides is 1. The van der Waals surface area contributed by atoms with Crippen molar-refractivity contribution in [3.63, 3.8) is 0 Å². The summed E-state index contributed by atoms with van der Waals surface area (Å²) in [5.74, 6) is -0.739. The van der Waals surface area contributed by atoms with Crippen LogP contribution in [0.4, 0.5) is 0 Å². The summed E-state index contributed by atoms with van der Waals surface area (Å²) in [5, 5.41) is 0. The zero-order valence-electron chi connectivity index (χ0n) is 12.8. The summed E-state index contributed by atoms with van der Waals surface area (Å²) in [6.45, 7) is 5.46. The van der Waals surface area contributed by atoms with Gasteiger partial charge in [0.15, 0.2) is 0 Å². The number of carbonyl (C=O) groups is 1. The number of hydrogen-bond donors (Lipinski definition) is 1. The number of hydrogen-bond acceptors (Lipinski definition) is 5. The van der Waals surface area contributed by atoms with E-state index in [1.807, 2.05) is 13.8 Å². The molecule has 3 aromatic rings. The van der Waals surface area contributed by atoms with E-state index in [-0.39, 0.29) is 9.90 Å². The van der Waals surface area contributed by atoms with Crippen molar-refractivity contribution in [1.29, 1.82) is 0 Å². The minimum atomic E-state index is -3.91. The minimum Gasteiger partial charge on any atom is -0.306 e. The molecular formula is C15H15N3O3S2. The van der Waals surface area contributed by atoms with E-state index in [9.17, 15) is 13.2 Å². The number of nitrogens with one attached hydrogen (secondary N) is 1. The number of sulfonamides is 1. The molecule has 0 radical (unpaired) electrons. The molecule has 0 bridgehead atoms. The molecule has 0 aliphatic heterocycles. The van der Waals surface area contributed by atoms with E-state index in [1.165, 1.54) is 6.20 Å². The number of nitrogens with zero attached hydrogens (tertiary/aromatic N) is 2. The molecule has 0 spiro atoms. The third-order valence-electron chi connectivity index (χ3n) is 3.71. The van der Waals surface area contributed by atoms with E-state index >= 15 is 0 Å². The number of rotatable bonds is 3. The summed E-state index contributed by atoms with van der Waals surface area (Å²) >= 11 is 1.16. The molecule has 0 saturated carbocycles. The van der Waals surface area contributed by atoms with Crippen LogP contribution in [0.5, 0.6) is 0 Å².